The number of nitrogens with one attached hydrogen (secondary N) is 1. The first-order valence-corrected chi connectivity index (χ1v) is 7.88. The Labute approximate surface area is 120 Å². The second-order valence-electron chi connectivity index (χ2n) is 3.90. The Balaban J connectivity index is 2.33. The fourth-order valence-electron chi connectivity index (χ4n) is 1.46. The van der Waals surface area contributed by atoms with Crippen molar-refractivity contribution in [1.29, 1.82) is 0 Å². The minimum atomic E-state index is -3.66. The Morgan fingerprint density at radius 2 is 2.21 bits per heavy atom. The summed E-state index contributed by atoms with van der Waals surface area (Å²) >= 11 is 3.33. The molecule has 0 aliphatic heterocycles. The molecule has 0 fully saturated rings. The van der Waals surface area contributed by atoms with Crippen LogP contribution in [0.4, 0.5) is 5.82 Å². The number of rotatable bonds is 4. The molecule has 2 aromatic rings. The SMILES string of the molecule is CCn1cc(S(=O)(=O)Nc2nccc(Br)c2C)cn1. The second-order valence-corrected chi connectivity index (χ2v) is 6.44. The summed E-state index contributed by atoms with van der Waals surface area (Å²) in [6, 6.07) is 1.75. The van der Waals surface area contributed by atoms with E-state index in [2.05, 4.69) is 30.7 Å². The summed E-state index contributed by atoms with van der Waals surface area (Å²) < 4.78 is 29.2. The average Bonchev–Trinajstić information content (AvgIpc) is 2.84. The van der Waals surface area contributed by atoms with Crippen LogP contribution in [0.1, 0.15) is 12.5 Å². The minimum absolute atomic E-state index is 0.121. The van der Waals surface area contributed by atoms with Crippen LogP contribution in [0.15, 0.2) is 34.0 Å². The highest BCUT2D eigenvalue weighted by Gasteiger charge is 2.18. The lowest BCUT2D eigenvalue weighted by atomic mass is 10.3. The van der Waals surface area contributed by atoms with Crippen LogP contribution in [-0.4, -0.2) is 23.2 Å². The van der Waals surface area contributed by atoms with E-state index in [4.69, 9.17) is 0 Å². The number of halogens is 1. The van der Waals surface area contributed by atoms with Crippen molar-refractivity contribution in [3.63, 3.8) is 0 Å². The van der Waals surface area contributed by atoms with E-state index in [1.54, 1.807) is 17.7 Å². The highest BCUT2D eigenvalue weighted by Crippen LogP contribution is 2.23. The minimum Gasteiger partial charge on any atom is -0.272 e. The molecule has 0 spiro atoms. The van der Waals surface area contributed by atoms with E-state index in [0.717, 1.165) is 10.0 Å². The van der Waals surface area contributed by atoms with Crippen LogP contribution in [-0.2, 0) is 16.6 Å². The lowest BCUT2D eigenvalue weighted by molar-refractivity contribution is 0.600. The van der Waals surface area contributed by atoms with Gasteiger partial charge in [0.2, 0.25) is 0 Å². The van der Waals surface area contributed by atoms with Gasteiger partial charge in [-0.3, -0.25) is 9.40 Å². The van der Waals surface area contributed by atoms with Gasteiger partial charge in [0.25, 0.3) is 10.0 Å². The van der Waals surface area contributed by atoms with E-state index < -0.39 is 10.0 Å². The first-order chi connectivity index (χ1) is 8.94. The van der Waals surface area contributed by atoms with Crippen molar-refractivity contribution in [1.82, 2.24) is 14.8 Å². The molecule has 2 rings (SSSR count). The van der Waals surface area contributed by atoms with Crippen LogP contribution >= 0.6 is 15.9 Å². The number of sulfonamides is 1. The van der Waals surface area contributed by atoms with Crippen molar-refractivity contribution in [3.8, 4) is 0 Å². The number of nitrogens with zero attached hydrogens (tertiary/aromatic N) is 3. The smallest absolute Gasteiger partial charge is 0.266 e. The number of anilines is 1. The van der Waals surface area contributed by atoms with Crippen molar-refractivity contribution in [2.24, 2.45) is 0 Å². The molecular weight excluding hydrogens is 332 g/mol. The van der Waals surface area contributed by atoms with E-state index in [9.17, 15) is 8.42 Å². The van der Waals surface area contributed by atoms with E-state index >= 15 is 0 Å². The number of pyridine rings is 1. The van der Waals surface area contributed by atoms with Crippen LogP contribution in [0.2, 0.25) is 0 Å². The van der Waals surface area contributed by atoms with Gasteiger partial charge in [-0.15, -0.1) is 0 Å². The summed E-state index contributed by atoms with van der Waals surface area (Å²) in [6.45, 7) is 4.28. The lowest BCUT2D eigenvalue weighted by Gasteiger charge is -2.08. The molecule has 0 saturated heterocycles. The molecule has 2 aromatic heterocycles. The predicted octanol–water partition coefficient (Wildman–Crippen LogP) is 2.17. The Bertz CT molecular complexity index is 696. The molecule has 0 bridgehead atoms. The molecule has 0 aromatic carbocycles. The van der Waals surface area contributed by atoms with E-state index in [1.807, 2.05) is 6.92 Å². The van der Waals surface area contributed by atoms with E-state index in [-0.39, 0.29) is 4.90 Å². The average molecular weight is 345 g/mol. The third-order valence-corrected chi connectivity index (χ3v) is 4.77. The maximum Gasteiger partial charge on any atom is 0.266 e. The summed E-state index contributed by atoms with van der Waals surface area (Å²) in [4.78, 5) is 4.15. The maximum atomic E-state index is 12.2. The zero-order valence-electron chi connectivity index (χ0n) is 10.5. The zero-order valence-corrected chi connectivity index (χ0v) is 12.9. The Hall–Kier alpha value is -1.41. The van der Waals surface area contributed by atoms with E-state index in [1.165, 1.54) is 18.6 Å². The Morgan fingerprint density at radius 3 is 2.84 bits per heavy atom. The molecule has 0 atom stereocenters. The quantitative estimate of drug-likeness (QED) is 0.921. The Morgan fingerprint density at radius 1 is 1.47 bits per heavy atom. The molecule has 0 radical (unpaired) electrons. The maximum absolute atomic E-state index is 12.2. The number of aryl methyl sites for hydroxylation is 1. The standard InChI is InChI=1S/C11H13BrN4O2S/c1-3-16-7-9(6-14-16)19(17,18)15-11-8(2)10(12)4-5-13-11/h4-7H,3H2,1-2H3,(H,13,15). The van der Waals surface area contributed by atoms with Gasteiger partial charge in [0.15, 0.2) is 0 Å². The molecule has 0 saturated carbocycles. The number of aromatic nitrogens is 3. The van der Waals surface area contributed by atoms with Crippen LogP contribution < -0.4 is 4.72 Å². The monoisotopic (exact) mass is 344 g/mol. The van der Waals surface area contributed by atoms with Gasteiger partial charge in [0.1, 0.15) is 10.7 Å². The van der Waals surface area contributed by atoms with Crippen LogP contribution in [0, 0.1) is 6.92 Å². The number of hydrogen-bond acceptors (Lipinski definition) is 4. The van der Waals surface area contributed by atoms with Crippen molar-refractivity contribution in [3.05, 3.63) is 34.7 Å². The van der Waals surface area contributed by atoms with Crippen LogP contribution in [0.5, 0.6) is 0 Å². The van der Waals surface area contributed by atoms with Gasteiger partial charge in [-0.1, -0.05) is 15.9 Å². The molecule has 0 aliphatic rings. The van der Waals surface area contributed by atoms with Crippen molar-refractivity contribution < 1.29 is 8.42 Å². The molecule has 6 nitrogen and oxygen atoms in total. The third kappa shape index (κ3) is 2.95. The normalized spacial score (nSPS) is 11.5. The summed E-state index contributed by atoms with van der Waals surface area (Å²) in [5, 5.41) is 3.95. The summed E-state index contributed by atoms with van der Waals surface area (Å²) in [5.41, 5.74) is 0.731. The summed E-state index contributed by atoms with van der Waals surface area (Å²) in [5.74, 6) is 0.304. The van der Waals surface area contributed by atoms with Gasteiger partial charge in [-0.2, -0.15) is 5.10 Å². The molecule has 0 aliphatic carbocycles. The molecule has 0 unspecified atom stereocenters. The van der Waals surface area contributed by atoms with Gasteiger partial charge >= 0.3 is 0 Å². The summed E-state index contributed by atoms with van der Waals surface area (Å²) in [6.07, 6.45) is 4.33. The highest BCUT2D eigenvalue weighted by atomic mass is 79.9. The van der Waals surface area contributed by atoms with Gasteiger partial charge in [0.05, 0.1) is 6.20 Å². The molecule has 19 heavy (non-hydrogen) atoms. The van der Waals surface area contributed by atoms with Crippen LogP contribution in [0.3, 0.4) is 0 Å². The van der Waals surface area contributed by atoms with E-state index in [0.29, 0.717) is 12.4 Å². The fraction of sp³-hybridized carbons (Fsp3) is 0.273. The molecule has 1 N–H and O–H groups in total. The van der Waals surface area contributed by atoms with Crippen molar-refractivity contribution >= 4 is 31.8 Å². The third-order valence-electron chi connectivity index (χ3n) is 2.61. The van der Waals surface area contributed by atoms with Gasteiger partial charge in [0, 0.05) is 29.0 Å². The lowest BCUT2D eigenvalue weighted by Crippen LogP contribution is -2.14. The first-order valence-electron chi connectivity index (χ1n) is 5.60. The molecule has 2 heterocycles. The molecule has 0 amide bonds. The van der Waals surface area contributed by atoms with Crippen molar-refractivity contribution in [2.75, 3.05) is 4.72 Å². The van der Waals surface area contributed by atoms with Crippen molar-refractivity contribution in [2.45, 2.75) is 25.3 Å². The van der Waals surface area contributed by atoms with Gasteiger partial charge in [-0.25, -0.2) is 13.4 Å². The fourth-order valence-corrected chi connectivity index (χ4v) is 2.79. The van der Waals surface area contributed by atoms with Gasteiger partial charge in [-0.05, 0) is 19.9 Å². The largest absolute Gasteiger partial charge is 0.272 e. The number of hydrogen-bond donors (Lipinski definition) is 1. The van der Waals surface area contributed by atoms with Gasteiger partial charge < -0.3 is 0 Å². The second kappa shape index (κ2) is 5.30. The molecular formula is C11H13BrN4O2S. The van der Waals surface area contributed by atoms with Crippen LogP contribution in [0.25, 0.3) is 0 Å². The Kier molecular flexibility index (Phi) is 3.91. The molecule has 8 heteroatoms. The molecule has 102 valence electrons. The topological polar surface area (TPSA) is 76.9 Å². The highest BCUT2D eigenvalue weighted by molar-refractivity contribution is 9.10. The first kappa shape index (κ1) is 14.0. The summed E-state index contributed by atoms with van der Waals surface area (Å²) in [7, 11) is -3.66. The zero-order chi connectivity index (χ0) is 14.0. The predicted molar refractivity (Wildman–Crippen MR) is 75.4 cm³/mol.